The lowest BCUT2D eigenvalue weighted by atomic mass is 9.81. The number of carboxylic acids is 1. The van der Waals surface area contributed by atoms with Gasteiger partial charge in [-0.1, -0.05) is 24.1 Å². The summed E-state index contributed by atoms with van der Waals surface area (Å²) in [6.07, 6.45) is 3.10. The van der Waals surface area contributed by atoms with Crippen molar-refractivity contribution in [2.45, 2.75) is 25.7 Å². The van der Waals surface area contributed by atoms with Gasteiger partial charge in [0.2, 0.25) is 5.91 Å². The molecule has 1 heterocycles. The Labute approximate surface area is 140 Å². The molecule has 1 aromatic carbocycles. The van der Waals surface area contributed by atoms with Crippen LogP contribution < -0.4 is 5.32 Å². The summed E-state index contributed by atoms with van der Waals surface area (Å²) < 4.78 is 0. The van der Waals surface area contributed by atoms with E-state index in [4.69, 9.17) is 11.6 Å². The Kier molecular flexibility index (Phi) is 4.60. The highest BCUT2D eigenvalue weighted by Crippen LogP contribution is 2.48. The van der Waals surface area contributed by atoms with Crippen molar-refractivity contribution in [2.75, 3.05) is 25.0 Å². The number of fused-ring (bicyclic) bond motifs is 1. The van der Waals surface area contributed by atoms with Crippen molar-refractivity contribution in [1.29, 1.82) is 0 Å². The maximum atomic E-state index is 12.0. The molecule has 0 spiro atoms. The Morgan fingerprint density at radius 2 is 2.26 bits per heavy atom. The maximum Gasteiger partial charge on any atom is 0.311 e. The van der Waals surface area contributed by atoms with Crippen LogP contribution in [0.2, 0.25) is 5.02 Å². The molecule has 2 N–H and O–H groups in total. The molecule has 1 aromatic rings. The van der Waals surface area contributed by atoms with Crippen molar-refractivity contribution >= 4 is 29.2 Å². The molecule has 1 aliphatic carbocycles. The van der Waals surface area contributed by atoms with Crippen LogP contribution in [0.1, 0.15) is 25.7 Å². The van der Waals surface area contributed by atoms with Crippen molar-refractivity contribution in [3.05, 3.63) is 29.3 Å². The summed E-state index contributed by atoms with van der Waals surface area (Å²) in [4.78, 5) is 25.8. The van der Waals surface area contributed by atoms with Crippen LogP contribution >= 0.6 is 11.6 Å². The van der Waals surface area contributed by atoms with E-state index < -0.39 is 11.4 Å². The monoisotopic (exact) mass is 336 g/mol. The average Bonchev–Trinajstić information content (AvgIpc) is 3.02. The summed E-state index contributed by atoms with van der Waals surface area (Å²) >= 11 is 5.89. The van der Waals surface area contributed by atoms with E-state index in [1.165, 1.54) is 0 Å². The Balaban J connectivity index is 1.51. The van der Waals surface area contributed by atoms with Crippen molar-refractivity contribution in [2.24, 2.45) is 11.3 Å². The number of amides is 1. The molecule has 1 aliphatic heterocycles. The van der Waals surface area contributed by atoms with Gasteiger partial charge in [-0.2, -0.15) is 0 Å². The van der Waals surface area contributed by atoms with E-state index in [9.17, 15) is 14.7 Å². The lowest BCUT2D eigenvalue weighted by molar-refractivity contribution is -0.149. The number of benzene rings is 1. The van der Waals surface area contributed by atoms with Crippen LogP contribution in [0.4, 0.5) is 5.69 Å². The largest absolute Gasteiger partial charge is 0.481 e. The molecular weight excluding hydrogens is 316 g/mol. The van der Waals surface area contributed by atoms with Crippen molar-refractivity contribution in [1.82, 2.24) is 4.90 Å². The third-order valence-corrected chi connectivity index (χ3v) is 5.37. The van der Waals surface area contributed by atoms with Gasteiger partial charge in [-0.3, -0.25) is 9.59 Å². The number of carbonyl (C=O) groups is 2. The van der Waals surface area contributed by atoms with Crippen LogP contribution in [0.25, 0.3) is 0 Å². The van der Waals surface area contributed by atoms with Gasteiger partial charge in [0.1, 0.15) is 0 Å². The molecule has 1 amide bonds. The molecule has 6 heteroatoms. The van der Waals surface area contributed by atoms with Gasteiger partial charge >= 0.3 is 5.97 Å². The second-order valence-electron chi connectivity index (χ2n) is 6.59. The van der Waals surface area contributed by atoms with E-state index in [1.54, 1.807) is 24.3 Å². The number of nitrogens with one attached hydrogen (secondary N) is 1. The number of carboxylic acid groups (broad SMARTS) is 1. The van der Waals surface area contributed by atoms with Gasteiger partial charge in [-0.15, -0.1) is 0 Å². The summed E-state index contributed by atoms with van der Waals surface area (Å²) in [6.45, 7) is 1.95. The predicted molar refractivity (Wildman–Crippen MR) is 88.5 cm³/mol. The zero-order chi connectivity index (χ0) is 16.4. The summed E-state index contributed by atoms with van der Waals surface area (Å²) in [5.41, 5.74) is 0.103. The molecule has 0 bridgehead atoms. The molecule has 1 saturated heterocycles. The average molecular weight is 337 g/mol. The van der Waals surface area contributed by atoms with E-state index in [0.717, 1.165) is 25.8 Å². The van der Waals surface area contributed by atoms with Gasteiger partial charge in [0, 0.05) is 36.8 Å². The number of rotatable bonds is 5. The molecule has 2 atom stereocenters. The van der Waals surface area contributed by atoms with Crippen LogP contribution in [0.15, 0.2) is 24.3 Å². The highest BCUT2D eigenvalue weighted by Gasteiger charge is 2.54. The molecular formula is C17H21ClN2O3. The van der Waals surface area contributed by atoms with Crippen molar-refractivity contribution in [3.8, 4) is 0 Å². The molecule has 0 aromatic heterocycles. The molecule has 1 saturated carbocycles. The zero-order valence-electron chi connectivity index (χ0n) is 12.9. The number of likely N-dealkylation sites (tertiary alicyclic amines) is 1. The van der Waals surface area contributed by atoms with Crippen LogP contribution in [-0.2, 0) is 9.59 Å². The van der Waals surface area contributed by atoms with E-state index in [1.807, 2.05) is 0 Å². The Hall–Kier alpha value is -1.59. The number of hydrogen-bond donors (Lipinski definition) is 2. The number of carbonyl (C=O) groups excluding carboxylic acids is 1. The summed E-state index contributed by atoms with van der Waals surface area (Å²) in [7, 11) is 0. The van der Waals surface area contributed by atoms with Gasteiger partial charge in [0.05, 0.1) is 5.41 Å². The third-order valence-electron chi connectivity index (χ3n) is 5.13. The first kappa shape index (κ1) is 16.3. The van der Waals surface area contributed by atoms with Crippen molar-refractivity contribution in [3.63, 3.8) is 0 Å². The van der Waals surface area contributed by atoms with E-state index in [2.05, 4.69) is 10.2 Å². The zero-order valence-corrected chi connectivity index (χ0v) is 13.7. The predicted octanol–water partition coefficient (Wildman–Crippen LogP) is 2.86. The Bertz CT molecular complexity index is 622. The molecule has 2 fully saturated rings. The molecule has 124 valence electrons. The fourth-order valence-corrected chi connectivity index (χ4v) is 4.15. The van der Waals surface area contributed by atoms with E-state index in [-0.39, 0.29) is 11.8 Å². The molecule has 23 heavy (non-hydrogen) atoms. The maximum absolute atomic E-state index is 12.0. The van der Waals surface area contributed by atoms with Gasteiger partial charge in [0.25, 0.3) is 0 Å². The number of hydrogen-bond acceptors (Lipinski definition) is 3. The summed E-state index contributed by atoms with van der Waals surface area (Å²) in [5.74, 6) is -0.518. The van der Waals surface area contributed by atoms with Gasteiger partial charge in [-0.05, 0) is 37.0 Å². The molecule has 0 radical (unpaired) electrons. The SMILES string of the molecule is O=C(CCN1C[C@@H]2CCC[C@@]2(C(=O)O)C1)Nc1cccc(Cl)c1. The second kappa shape index (κ2) is 6.49. The highest BCUT2D eigenvalue weighted by molar-refractivity contribution is 6.30. The standard InChI is InChI=1S/C17H21ClN2O3/c18-13-4-1-5-14(9-13)19-15(21)6-8-20-10-12-3-2-7-17(12,11-20)16(22)23/h1,4-5,9,12H,2-3,6-8,10-11H2,(H,19,21)(H,22,23)/t12-,17+/m0/s1. The normalized spacial score (nSPS) is 26.9. The van der Waals surface area contributed by atoms with Crippen LogP contribution in [0, 0.1) is 11.3 Å². The quantitative estimate of drug-likeness (QED) is 0.867. The lowest BCUT2D eigenvalue weighted by Crippen LogP contribution is -2.36. The van der Waals surface area contributed by atoms with Gasteiger partial charge in [0.15, 0.2) is 0 Å². The summed E-state index contributed by atoms with van der Waals surface area (Å²) in [6, 6.07) is 7.05. The number of nitrogens with zero attached hydrogens (tertiary/aromatic N) is 1. The first-order valence-corrected chi connectivity index (χ1v) is 8.38. The minimum Gasteiger partial charge on any atom is -0.481 e. The first-order valence-electron chi connectivity index (χ1n) is 8.01. The van der Waals surface area contributed by atoms with E-state index in [0.29, 0.717) is 30.2 Å². The second-order valence-corrected chi connectivity index (χ2v) is 7.03. The Morgan fingerprint density at radius 3 is 2.96 bits per heavy atom. The van der Waals surface area contributed by atoms with E-state index >= 15 is 0 Å². The summed E-state index contributed by atoms with van der Waals surface area (Å²) in [5, 5.41) is 13.0. The Morgan fingerprint density at radius 1 is 1.43 bits per heavy atom. The number of halogens is 1. The fourth-order valence-electron chi connectivity index (χ4n) is 3.96. The van der Waals surface area contributed by atoms with Gasteiger partial charge in [-0.25, -0.2) is 0 Å². The van der Waals surface area contributed by atoms with Crippen molar-refractivity contribution < 1.29 is 14.7 Å². The first-order chi connectivity index (χ1) is 11.0. The molecule has 5 nitrogen and oxygen atoms in total. The minimum absolute atomic E-state index is 0.0753. The number of anilines is 1. The highest BCUT2D eigenvalue weighted by atomic mass is 35.5. The van der Waals surface area contributed by atoms with Gasteiger partial charge < -0.3 is 15.3 Å². The smallest absolute Gasteiger partial charge is 0.311 e. The molecule has 0 unspecified atom stereocenters. The lowest BCUT2D eigenvalue weighted by Gasteiger charge is -2.23. The topological polar surface area (TPSA) is 69.6 Å². The fraction of sp³-hybridized carbons (Fsp3) is 0.529. The van der Waals surface area contributed by atoms with Crippen LogP contribution in [0.3, 0.4) is 0 Å². The van der Waals surface area contributed by atoms with Crippen LogP contribution in [0.5, 0.6) is 0 Å². The van der Waals surface area contributed by atoms with Crippen LogP contribution in [-0.4, -0.2) is 41.5 Å². The minimum atomic E-state index is -0.675. The molecule has 2 aliphatic rings. The molecule has 3 rings (SSSR count). The number of aliphatic carboxylic acids is 1. The third kappa shape index (κ3) is 3.35.